The van der Waals surface area contributed by atoms with Gasteiger partial charge in [0.1, 0.15) is 0 Å². The van der Waals surface area contributed by atoms with Gasteiger partial charge in [-0.2, -0.15) is 0 Å². The van der Waals surface area contributed by atoms with E-state index in [1.165, 1.54) is 12.5 Å². The molecule has 0 N–H and O–H groups in total. The highest BCUT2D eigenvalue weighted by Crippen LogP contribution is 2.33. The van der Waals surface area contributed by atoms with Gasteiger partial charge in [0.15, 0.2) is 6.10 Å². The number of allylic oxidation sites excluding steroid dienone is 1. The van der Waals surface area contributed by atoms with Gasteiger partial charge in [0, 0.05) is 18.1 Å². The molecule has 1 aliphatic carbocycles. The molecule has 2 aromatic carbocycles. The quantitative estimate of drug-likeness (QED) is 0.730. The van der Waals surface area contributed by atoms with Crippen molar-refractivity contribution in [3.63, 3.8) is 0 Å². The summed E-state index contributed by atoms with van der Waals surface area (Å²) in [6.45, 7) is 1.46. The smallest absolute Gasteiger partial charge is 0.303 e. The number of rotatable bonds is 1. The number of carbonyl (C=O) groups excluding carboxylic acids is 1. The van der Waals surface area contributed by atoms with Crippen LogP contribution in [0.4, 0.5) is 0 Å². The van der Waals surface area contributed by atoms with Crippen molar-refractivity contribution in [2.75, 3.05) is 0 Å². The molecule has 2 heteroatoms. The van der Waals surface area contributed by atoms with Gasteiger partial charge in [-0.3, -0.25) is 4.79 Å². The first-order valence-corrected chi connectivity index (χ1v) is 6.76. The van der Waals surface area contributed by atoms with Crippen LogP contribution >= 0.6 is 0 Å². The van der Waals surface area contributed by atoms with Crippen molar-refractivity contribution in [3.8, 4) is 0 Å². The molecule has 0 saturated carbocycles. The molecule has 0 fully saturated rings. The zero-order valence-corrected chi connectivity index (χ0v) is 11.4. The topological polar surface area (TPSA) is 26.3 Å². The van der Waals surface area contributed by atoms with Gasteiger partial charge < -0.3 is 4.74 Å². The maximum Gasteiger partial charge on any atom is 0.303 e. The van der Waals surface area contributed by atoms with Crippen molar-refractivity contribution >= 4 is 12.0 Å². The Kier molecular flexibility index (Phi) is 3.38. The first-order valence-electron chi connectivity index (χ1n) is 6.76. The number of ether oxygens (including phenoxy) is 1. The molecule has 0 saturated heterocycles. The molecule has 1 aliphatic rings. The Balaban J connectivity index is 2.20. The Morgan fingerprint density at radius 3 is 2.55 bits per heavy atom. The van der Waals surface area contributed by atoms with Gasteiger partial charge in [0.2, 0.25) is 0 Å². The highest BCUT2D eigenvalue weighted by molar-refractivity contribution is 5.68. The lowest BCUT2D eigenvalue weighted by atomic mass is 9.90. The highest BCUT2D eigenvalue weighted by atomic mass is 16.5. The van der Waals surface area contributed by atoms with Crippen molar-refractivity contribution < 1.29 is 9.53 Å². The third-order valence-electron chi connectivity index (χ3n) is 3.54. The van der Waals surface area contributed by atoms with E-state index >= 15 is 0 Å². The zero-order chi connectivity index (χ0) is 13.9. The van der Waals surface area contributed by atoms with Crippen LogP contribution in [0.15, 0.2) is 54.6 Å². The van der Waals surface area contributed by atoms with Gasteiger partial charge in [-0.25, -0.2) is 0 Å². The largest absolute Gasteiger partial charge is 0.453 e. The van der Waals surface area contributed by atoms with Crippen LogP contribution in [0.3, 0.4) is 0 Å². The first-order chi connectivity index (χ1) is 9.75. The van der Waals surface area contributed by atoms with E-state index in [1.54, 1.807) is 0 Å². The summed E-state index contributed by atoms with van der Waals surface area (Å²) in [5, 5.41) is 0. The molecule has 0 spiro atoms. The van der Waals surface area contributed by atoms with E-state index in [4.69, 9.17) is 4.74 Å². The zero-order valence-electron chi connectivity index (χ0n) is 11.4. The Bertz CT molecular complexity index is 671. The molecule has 100 valence electrons. The van der Waals surface area contributed by atoms with Crippen LogP contribution in [-0.2, 0) is 16.0 Å². The van der Waals surface area contributed by atoms with Crippen molar-refractivity contribution in [1.29, 1.82) is 0 Å². The second-order valence-electron chi connectivity index (χ2n) is 4.92. The van der Waals surface area contributed by atoms with Gasteiger partial charge in [0.25, 0.3) is 0 Å². The summed E-state index contributed by atoms with van der Waals surface area (Å²) < 4.78 is 5.61. The molecule has 20 heavy (non-hydrogen) atoms. The van der Waals surface area contributed by atoms with E-state index < -0.39 is 0 Å². The van der Waals surface area contributed by atoms with Crippen LogP contribution in [0.1, 0.15) is 35.3 Å². The molecular weight excluding hydrogens is 248 g/mol. The van der Waals surface area contributed by atoms with E-state index in [0.29, 0.717) is 0 Å². The van der Waals surface area contributed by atoms with Gasteiger partial charge in [-0.1, -0.05) is 60.7 Å². The van der Waals surface area contributed by atoms with Crippen molar-refractivity contribution in [2.24, 2.45) is 0 Å². The maximum absolute atomic E-state index is 11.5. The third-order valence-corrected chi connectivity index (χ3v) is 3.54. The van der Waals surface area contributed by atoms with E-state index in [-0.39, 0.29) is 12.1 Å². The fourth-order valence-corrected chi connectivity index (χ4v) is 2.65. The van der Waals surface area contributed by atoms with E-state index in [9.17, 15) is 4.79 Å². The van der Waals surface area contributed by atoms with Crippen molar-refractivity contribution in [1.82, 2.24) is 0 Å². The Hall–Kier alpha value is -2.35. The molecule has 0 heterocycles. The van der Waals surface area contributed by atoms with Gasteiger partial charge in [-0.15, -0.1) is 0 Å². The minimum absolute atomic E-state index is 0.260. The standard InChI is InChI=1S/C18H16O2/c1-13(19)20-18-16-11-4-2-7-14(16)9-6-10-15-8-3-5-12-17(15)18/h2-9,11-12,18H,10H2,1H3/b9-6-. The Morgan fingerprint density at radius 1 is 1.05 bits per heavy atom. The summed E-state index contributed by atoms with van der Waals surface area (Å²) in [7, 11) is 0. The molecule has 0 radical (unpaired) electrons. The number of esters is 1. The number of fused-ring (bicyclic) bond motifs is 2. The van der Waals surface area contributed by atoms with Crippen LogP contribution in [0.2, 0.25) is 0 Å². The van der Waals surface area contributed by atoms with Crippen LogP contribution in [0.25, 0.3) is 6.08 Å². The molecule has 0 amide bonds. The summed E-state index contributed by atoms with van der Waals surface area (Å²) in [6.07, 6.45) is 4.77. The fourth-order valence-electron chi connectivity index (χ4n) is 2.65. The van der Waals surface area contributed by atoms with Crippen molar-refractivity contribution in [3.05, 3.63) is 76.9 Å². The van der Waals surface area contributed by atoms with E-state index in [0.717, 1.165) is 23.1 Å². The Labute approximate surface area is 118 Å². The molecule has 0 bridgehead atoms. The molecule has 0 aromatic heterocycles. The number of hydrogen-bond donors (Lipinski definition) is 0. The number of hydrogen-bond acceptors (Lipinski definition) is 2. The molecule has 1 atom stereocenters. The van der Waals surface area contributed by atoms with Crippen LogP contribution in [0.5, 0.6) is 0 Å². The van der Waals surface area contributed by atoms with Crippen LogP contribution < -0.4 is 0 Å². The average Bonchev–Trinajstić information content (AvgIpc) is 2.44. The van der Waals surface area contributed by atoms with Crippen LogP contribution in [0, 0.1) is 0 Å². The second kappa shape index (κ2) is 5.33. The lowest BCUT2D eigenvalue weighted by Crippen LogP contribution is -2.14. The molecular formula is C18H16O2. The predicted octanol–water partition coefficient (Wildman–Crippen LogP) is 3.91. The minimum Gasteiger partial charge on any atom is -0.453 e. The summed E-state index contributed by atoms with van der Waals surface area (Å²) in [5.74, 6) is -0.260. The summed E-state index contributed by atoms with van der Waals surface area (Å²) in [4.78, 5) is 11.5. The SMILES string of the molecule is CC(=O)OC1c2ccccc2/C=C\Cc2ccccc21. The lowest BCUT2D eigenvalue weighted by molar-refractivity contribution is -0.144. The maximum atomic E-state index is 11.5. The summed E-state index contributed by atoms with van der Waals surface area (Å²) in [5.41, 5.74) is 4.41. The second-order valence-corrected chi connectivity index (χ2v) is 4.92. The number of benzene rings is 2. The molecule has 2 aromatic rings. The van der Waals surface area contributed by atoms with Gasteiger partial charge >= 0.3 is 5.97 Å². The van der Waals surface area contributed by atoms with Gasteiger partial charge in [0.05, 0.1) is 0 Å². The van der Waals surface area contributed by atoms with E-state index in [1.807, 2.05) is 36.4 Å². The third kappa shape index (κ3) is 2.37. The minimum atomic E-state index is -0.329. The van der Waals surface area contributed by atoms with Gasteiger partial charge in [-0.05, 0) is 17.5 Å². The fraction of sp³-hybridized carbons (Fsp3) is 0.167. The predicted molar refractivity (Wildman–Crippen MR) is 79.2 cm³/mol. The molecule has 1 unspecified atom stereocenters. The highest BCUT2D eigenvalue weighted by Gasteiger charge is 2.22. The monoisotopic (exact) mass is 264 g/mol. The molecule has 2 nitrogen and oxygen atoms in total. The normalized spacial score (nSPS) is 18.1. The van der Waals surface area contributed by atoms with Crippen LogP contribution in [-0.4, -0.2) is 5.97 Å². The first kappa shape index (κ1) is 12.7. The summed E-state index contributed by atoms with van der Waals surface area (Å²) in [6, 6.07) is 16.2. The molecule has 0 aliphatic heterocycles. The Morgan fingerprint density at radius 2 is 1.75 bits per heavy atom. The molecule has 3 rings (SSSR count). The lowest BCUT2D eigenvalue weighted by Gasteiger charge is -2.23. The summed E-state index contributed by atoms with van der Waals surface area (Å²) >= 11 is 0. The average molecular weight is 264 g/mol. The number of carbonyl (C=O) groups is 1. The van der Waals surface area contributed by atoms with E-state index in [2.05, 4.69) is 24.3 Å². The van der Waals surface area contributed by atoms with Crippen molar-refractivity contribution in [2.45, 2.75) is 19.4 Å².